The van der Waals surface area contributed by atoms with Crippen LogP contribution in [-0.2, 0) is 35.3 Å². The third-order valence-electron chi connectivity index (χ3n) is 11.0. The fourth-order valence-electron chi connectivity index (χ4n) is 8.18. The number of amides is 2. The van der Waals surface area contributed by atoms with Crippen LogP contribution in [0.15, 0.2) is 146 Å². The van der Waals surface area contributed by atoms with Crippen LogP contribution in [0.4, 0.5) is 11.4 Å². The molecule has 60 heavy (non-hydrogen) atoms. The number of aryl methyl sites for hydroxylation is 2. The van der Waals surface area contributed by atoms with Crippen molar-refractivity contribution in [2.75, 3.05) is 49.9 Å². The van der Waals surface area contributed by atoms with Crippen molar-refractivity contribution in [3.63, 3.8) is 0 Å². The van der Waals surface area contributed by atoms with E-state index in [1.54, 1.807) is 24.3 Å². The predicted octanol–water partition coefficient (Wildman–Crippen LogP) is 7.38. The molecule has 0 saturated carbocycles. The highest BCUT2D eigenvalue weighted by Crippen LogP contribution is 2.23. The summed E-state index contributed by atoms with van der Waals surface area (Å²) >= 11 is 0. The van der Waals surface area contributed by atoms with Crippen molar-refractivity contribution in [1.82, 2.24) is 19.6 Å². The van der Waals surface area contributed by atoms with Gasteiger partial charge >= 0.3 is 0 Å². The third kappa shape index (κ3) is 12.6. The molecule has 4 N–H and O–H groups in total. The Morgan fingerprint density at radius 3 is 1.22 bits per heavy atom. The van der Waals surface area contributed by atoms with Gasteiger partial charge in [0.1, 0.15) is 13.1 Å². The van der Waals surface area contributed by atoms with Crippen LogP contribution in [0, 0.1) is 10.8 Å². The minimum Gasteiger partial charge on any atom is -0.338 e. The zero-order chi connectivity index (χ0) is 40.1. The van der Waals surface area contributed by atoms with E-state index in [2.05, 4.69) is 93.2 Å². The van der Waals surface area contributed by atoms with Crippen molar-refractivity contribution in [1.29, 1.82) is 10.8 Å². The van der Waals surface area contributed by atoms with Crippen LogP contribution in [0.2, 0.25) is 0 Å². The first-order valence-corrected chi connectivity index (χ1v) is 20.4. The highest BCUT2D eigenvalue weighted by molar-refractivity contribution is 7.59. The minimum atomic E-state index is -0.222. The molecule has 0 unspecified atom stereocenters. The van der Waals surface area contributed by atoms with Gasteiger partial charge in [0.15, 0.2) is 11.9 Å². The minimum absolute atomic E-state index is 0. The highest BCUT2D eigenvalue weighted by Gasteiger charge is 2.36. The quantitative estimate of drug-likeness (QED) is 0.0732. The van der Waals surface area contributed by atoms with Gasteiger partial charge in [0.25, 0.3) is 0 Å². The number of carbonyl (C=O) groups excluding carboxylic acids is 2. The summed E-state index contributed by atoms with van der Waals surface area (Å²) < 4.78 is 0. The van der Waals surface area contributed by atoms with Crippen LogP contribution >= 0.6 is 27.0 Å². The standard InChI is InChI=1S/C48H54N8O2.2H2S/c49-47-53(33-43(30-39-20-9-3-10-21-39)55(47)28-14-24-37-16-5-1-6-17-37)35-45(57)51-41-26-13-27-42(32-41)52-46(58)36-54-34-44(31-40-22-11-4-12-23-40)56(48(54)50)29-15-25-38-18-7-2-8-19-38;;/h1-13,16-23,26-27,32,43-44,49-50H,14-15,24-25,28-31,33-36H2,(H,51,57)(H,52,58);2*1H2/t43-,44-;;/m0../s1. The summed E-state index contributed by atoms with van der Waals surface area (Å²) in [6.07, 6.45) is 5.28. The first-order valence-electron chi connectivity index (χ1n) is 20.4. The zero-order valence-electron chi connectivity index (χ0n) is 34.1. The molecule has 0 aromatic heterocycles. The van der Waals surface area contributed by atoms with Gasteiger partial charge in [-0.25, -0.2) is 0 Å². The number of hydrogen-bond acceptors (Lipinski definition) is 4. The van der Waals surface area contributed by atoms with E-state index in [0.29, 0.717) is 36.4 Å². The van der Waals surface area contributed by atoms with Crippen LogP contribution < -0.4 is 10.6 Å². The molecule has 2 heterocycles. The lowest BCUT2D eigenvalue weighted by Gasteiger charge is -2.25. The summed E-state index contributed by atoms with van der Waals surface area (Å²) in [6, 6.07) is 48.8. The number of benzene rings is 5. The Balaban J connectivity index is 0.00000341. The number of guanidine groups is 2. The van der Waals surface area contributed by atoms with Crippen LogP contribution in [0.3, 0.4) is 0 Å². The smallest absolute Gasteiger partial charge is 0.244 e. The van der Waals surface area contributed by atoms with Crippen molar-refractivity contribution in [2.24, 2.45) is 0 Å². The maximum atomic E-state index is 13.4. The molecule has 0 aliphatic carbocycles. The summed E-state index contributed by atoms with van der Waals surface area (Å²) in [5.41, 5.74) is 6.11. The number of carbonyl (C=O) groups is 2. The Labute approximate surface area is 368 Å². The van der Waals surface area contributed by atoms with E-state index in [-0.39, 0.29) is 64.0 Å². The van der Waals surface area contributed by atoms with Crippen molar-refractivity contribution in [3.05, 3.63) is 168 Å². The van der Waals surface area contributed by atoms with Crippen LogP contribution in [0.25, 0.3) is 0 Å². The lowest BCUT2D eigenvalue weighted by Crippen LogP contribution is -2.39. The molecule has 12 heteroatoms. The van der Waals surface area contributed by atoms with Gasteiger partial charge in [-0.1, -0.05) is 127 Å². The van der Waals surface area contributed by atoms with E-state index in [9.17, 15) is 9.59 Å². The molecule has 10 nitrogen and oxygen atoms in total. The largest absolute Gasteiger partial charge is 0.338 e. The van der Waals surface area contributed by atoms with Crippen molar-refractivity contribution >= 4 is 62.1 Å². The summed E-state index contributed by atoms with van der Waals surface area (Å²) in [6.45, 7) is 2.76. The van der Waals surface area contributed by atoms with Gasteiger partial charge in [0.05, 0.1) is 12.1 Å². The molecule has 314 valence electrons. The van der Waals surface area contributed by atoms with Crippen LogP contribution in [-0.4, -0.2) is 94.7 Å². The summed E-state index contributed by atoms with van der Waals surface area (Å²) in [4.78, 5) is 34.9. The molecular formula is C48H58N8O2S2. The van der Waals surface area contributed by atoms with Crippen molar-refractivity contribution in [3.8, 4) is 0 Å². The van der Waals surface area contributed by atoms with E-state index >= 15 is 0 Å². The molecule has 0 spiro atoms. The molecule has 5 aromatic rings. The molecule has 0 radical (unpaired) electrons. The zero-order valence-corrected chi connectivity index (χ0v) is 36.1. The van der Waals surface area contributed by atoms with Gasteiger partial charge in [-0.2, -0.15) is 27.0 Å². The lowest BCUT2D eigenvalue weighted by atomic mass is 10.0. The lowest BCUT2D eigenvalue weighted by molar-refractivity contribution is -0.117. The van der Waals surface area contributed by atoms with Crippen LogP contribution in [0.1, 0.15) is 35.1 Å². The van der Waals surface area contributed by atoms with E-state index in [4.69, 9.17) is 10.8 Å². The fourth-order valence-corrected chi connectivity index (χ4v) is 8.18. The number of hydrogen-bond donors (Lipinski definition) is 4. The number of nitrogens with zero attached hydrogens (tertiary/aromatic N) is 4. The van der Waals surface area contributed by atoms with Gasteiger partial charge in [0.2, 0.25) is 11.8 Å². The van der Waals surface area contributed by atoms with Gasteiger partial charge in [-0.3, -0.25) is 20.4 Å². The molecule has 2 atom stereocenters. The molecule has 5 aromatic carbocycles. The Kier molecular flexibility index (Phi) is 17.1. The molecule has 7 rings (SSSR count). The van der Waals surface area contributed by atoms with Gasteiger partial charge in [-0.05, 0) is 79.0 Å². The molecular weight excluding hydrogens is 785 g/mol. The maximum Gasteiger partial charge on any atom is 0.244 e. The second-order valence-corrected chi connectivity index (χ2v) is 15.3. The van der Waals surface area contributed by atoms with Crippen molar-refractivity contribution in [2.45, 2.75) is 50.6 Å². The average Bonchev–Trinajstić information content (AvgIpc) is 3.68. The number of anilines is 2. The highest BCUT2D eigenvalue weighted by atomic mass is 32.1. The molecule has 2 fully saturated rings. The first-order chi connectivity index (χ1) is 28.4. The SMILES string of the molecule is N=C1N(CC(=O)Nc2cccc(NC(=O)CN3C[C@H](Cc4ccccc4)N(CCCc4ccccc4)C3=N)c2)C[C@H](Cc2ccccc2)N1CCCc1ccccc1.S.S. The number of nitrogens with one attached hydrogen (secondary N) is 4. The Morgan fingerprint density at radius 1 is 0.500 bits per heavy atom. The average molecular weight is 843 g/mol. The van der Waals surface area contributed by atoms with Crippen LogP contribution in [0.5, 0.6) is 0 Å². The van der Waals surface area contributed by atoms with E-state index in [1.807, 2.05) is 58.3 Å². The summed E-state index contributed by atoms with van der Waals surface area (Å²) in [5.74, 6) is 0.303. The van der Waals surface area contributed by atoms with E-state index in [1.165, 1.54) is 22.3 Å². The second-order valence-electron chi connectivity index (χ2n) is 15.3. The van der Waals surface area contributed by atoms with Gasteiger partial charge in [0, 0.05) is 37.6 Å². The first kappa shape index (κ1) is 45.4. The van der Waals surface area contributed by atoms with Crippen molar-refractivity contribution < 1.29 is 9.59 Å². The molecule has 2 aliphatic heterocycles. The van der Waals surface area contributed by atoms with E-state index < -0.39 is 0 Å². The Hall–Kier alpha value is -5.72. The summed E-state index contributed by atoms with van der Waals surface area (Å²) in [5, 5.41) is 24.2. The predicted molar refractivity (Wildman–Crippen MR) is 254 cm³/mol. The third-order valence-corrected chi connectivity index (χ3v) is 11.0. The topological polar surface area (TPSA) is 119 Å². The molecule has 2 aliphatic rings. The number of rotatable bonds is 18. The molecule has 0 bridgehead atoms. The fraction of sp³-hybridized carbons (Fsp3) is 0.292. The molecule has 2 amide bonds. The maximum absolute atomic E-state index is 13.4. The van der Waals surface area contributed by atoms with E-state index in [0.717, 1.165) is 51.6 Å². The Bertz CT molecular complexity index is 1980. The second kappa shape index (κ2) is 22.6. The van der Waals surface area contributed by atoms with Gasteiger partial charge < -0.3 is 30.2 Å². The van der Waals surface area contributed by atoms with Gasteiger partial charge in [-0.15, -0.1) is 0 Å². The molecule has 2 saturated heterocycles. The normalized spacial score (nSPS) is 16.0. The monoisotopic (exact) mass is 842 g/mol. The Morgan fingerprint density at radius 2 is 0.850 bits per heavy atom. The summed E-state index contributed by atoms with van der Waals surface area (Å²) in [7, 11) is 0.